The molecule has 0 radical (unpaired) electrons. The van der Waals surface area contributed by atoms with Gasteiger partial charge in [-0.25, -0.2) is 4.68 Å². The molecule has 0 amide bonds. The number of benzene rings is 1. The summed E-state index contributed by atoms with van der Waals surface area (Å²) in [4.78, 5) is 0. The molecule has 1 aromatic carbocycles. The zero-order chi connectivity index (χ0) is 13.7. The van der Waals surface area contributed by atoms with Crippen LogP contribution >= 0.6 is 0 Å². The van der Waals surface area contributed by atoms with Crippen LogP contribution in [0.5, 0.6) is 0 Å². The van der Waals surface area contributed by atoms with Gasteiger partial charge in [-0.3, -0.25) is 0 Å². The smallest absolute Gasteiger partial charge is 0.140 e. The van der Waals surface area contributed by atoms with Crippen LogP contribution in [0.15, 0.2) is 30.3 Å². The van der Waals surface area contributed by atoms with Crippen molar-refractivity contribution in [3.8, 4) is 6.07 Å². The van der Waals surface area contributed by atoms with E-state index in [0.29, 0.717) is 17.8 Å². The minimum absolute atomic E-state index is 0.488. The summed E-state index contributed by atoms with van der Waals surface area (Å²) >= 11 is 0. The summed E-state index contributed by atoms with van der Waals surface area (Å²) in [6.07, 6.45) is 2.74. The van der Waals surface area contributed by atoms with Crippen LogP contribution in [0.2, 0.25) is 0 Å². The van der Waals surface area contributed by atoms with Crippen LogP contribution in [-0.4, -0.2) is 9.78 Å². The summed E-state index contributed by atoms with van der Waals surface area (Å²) in [6.45, 7) is 2.89. The second-order valence-electron chi connectivity index (χ2n) is 4.56. The maximum atomic E-state index is 9.23. The molecule has 0 unspecified atom stereocenters. The Balaban J connectivity index is 2.27. The maximum absolute atomic E-state index is 9.23. The zero-order valence-corrected chi connectivity index (χ0v) is 11.1. The van der Waals surface area contributed by atoms with E-state index in [1.807, 2.05) is 30.3 Å². The summed E-state index contributed by atoms with van der Waals surface area (Å²) in [5, 5.41) is 13.7. The number of nitrogens with zero attached hydrogens (tertiary/aromatic N) is 3. The standard InChI is InChI=1S/C15H18N4/c1-2-3-9-19-15(17)13(11-16)14(18-19)10-12-7-5-4-6-8-12/h4-8H,2-3,9-10,17H2,1H3. The van der Waals surface area contributed by atoms with Crippen molar-refractivity contribution in [2.75, 3.05) is 5.73 Å². The molecule has 0 saturated heterocycles. The fourth-order valence-electron chi connectivity index (χ4n) is 2.04. The van der Waals surface area contributed by atoms with Gasteiger partial charge in [0.25, 0.3) is 0 Å². The first kappa shape index (κ1) is 13.2. The van der Waals surface area contributed by atoms with Crippen LogP contribution in [0.1, 0.15) is 36.6 Å². The van der Waals surface area contributed by atoms with Crippen molar-refractivity contribution in [3.05, 3.63) is 47.2 Å². The number of nitrogen functional groups attached to an aromatic ring is 1. The molecule has 19 heavy (non-hydrogen) atoms. The van der Waals surface area contributed by atoms with Crippen LogP contribution in [-0.2, 0) is 13.0 Å². The highest BCUT2D eigenvalue weighted by molar-refractivity contribution is 5.53. The van der Waals surface area contributed by atoms with Gasteiger partial charge >= 0.3 is 0 Å². The molecule has 0 aliphatic carbocycles. The molecule has 0 spiro atoms. The Morgan fingerprint density at radius 3 is 2.68 bits per heavy atom. The van der Waals surface area contributed by atoms with Crippen molar-refractivity contribution in [1.29, 1.82) is 5.26 Å². The number of aromatic nitrogens is 2. The molecule has 2 aromatic rings. The van der Waals surface area contributed by atoms with Crippen molar-refractivity contribution >= 4 is 5.82 Å². The number of unbranched alkanes of at least 4 members (excludes halogenated alkanes) is 1. The van der Waals surface area contributed by atoms with E-state index >= 15 is 0 Å². The Kier molecular flexibility index (Phi) is 4.19. The second kappa shape index (κ2) is 6.05. The van der Waals surface area contributed by atoms with E-state index in [1.54, 1.807) is 4.68 Å². The predicted octanol–water partition coefficient (Wildman–Crippen LogP) is 2.73. The monoisotopic (exact) mass is 254 g/mol. The minimum Gasteiger partial charge on any atom is -0.383 e. The van der Waals surface area contributed by atoms with Crippen molar-refractivity contribution in [3.63, 3.8) is 0 Å². The molecule has 2 rings (SSSR count). The quantitative estimate of drug-likeness (QED) is 0.892. The molecule has 1 aromatic heterocycles. The Morgan fingerprint density at radius 2 is 2.05 bits per heavy atom. The maximum Gasteiger partial charge on any atom is 0.140 e. The largest absolute Gasteiger partial charge is 0.383 e. The first-order chi connectivity index (χ1) is 9.26. The molecule has 4 heteroatoms. The average Bonchev–Trinajstić information content (AvgIpc) is 2.73. The van der Waals surface area contributed by atoms with Crippen molar-refractivity contribution in [2.45, 2.75) is 32.7 Å². The molecular formula is C15H18N4. The van der Waals surface area contributed by atoms with E-state index in [4.69, 9.17) is 5.73 Å². The minimum atomic E-state index is 0.488. The predicted molar refractivity (Wildman–Crippen MR) is 75.5 cm³/mol. The molecule has 0 saturated carbocycles. The molecule has 1 heterocycles. The van der Waals surface area contributed by atoms with Gasteiger partial charge in [-0.2, -0.15) is 10.4 Å². The van der Waals surface area contributed by atoms with Gasteiger partial charge in [-0.1, -0.05) is 43.7 Å². The third-order valence-electron chi connectivity index (χ3n) is 3.11. The lowest BCUT2D eigenvalue weighted by Crippen LogP contribution is -2.05. The third kappa shape index (κ3) is 2.94. The Labute approximate surface area is 113 Å². The van der Waals surface area contributed by atoms with Gasteiger partial charge in [0, 0.05) is 13.0 Å². The third-order valence-corrected chi connectivity index (χ3v) is 3.11. The number of rotatable bonds is 5. The SMILES string of the molecule is CCCCn1nc(Cc2ccccc2)c(C#N)c1N. The van der Waals surface area contributed by atoms with Crippen LogP contribution in [0.3, 0.4) is 0 Å². The van der Waals surface area contributed by atoms with Crippen molar-refractivity contribution in [1.82, 2.24) is 9.78 Å². The highest BCUT2D eigenvalue weighted by Crippen LogP contribution is 2.19. The molecule has 2 N–H and O–H groups in total. The lowest BCUT2D eigenvalue weighted by Gasteiger charge is -2.01. The Hall–Kier alpha value is -2.28. The molecule has 98 valence electrons. The van der Waals surface area contributed by atoms with E-state index in [2.05, 4.69) is 18.1 Å². The molecule has 0 atom stereocenters. The number of anilines is 1. The molecular weight excluding hydrogens is 236 g/mol. The number of nitriles is 1. The lowest BCUT2D eigenvalue weighted by molar-refractivity contribution is 0.573. The van der Waals surface area contributed by atoms with Gasteiger partial charge in [0.05, 0.1) is 5.69 Å². The molecule has 0 fully saturated rings. The van der Waals surface area contributed by atoms with Gasteiger partial charge in [0.2, 0.25) is 0 Å². The van der Waals surface area contributed by atoms with Gasteiger partial charge < -0.3 is 5.73 Å². The Bertz CT molecular complexity index is 578. The van der Waals surface area contributed by atoms with Gasteiger partial charge in [-0.15, -0.1) is 0 Å². The number of hydrogen-bond acceptors (Lipinski definition) is 3. The van der Waals surface area contributed by atoms with E-state index in [9.17, 15) is 5.26 Å². The first-order valence-electron chi connectivity index (χ1n) is 6.55. The fourth-order valence-corrected chi connectivity index (χ4v) is 2.04. The summed E-state index contributed by atoms with van der Waals surface area (Å²) in [5.41, 5.74) is 8.41. The van der Waals surface area contributed by atoms with E-state index in [0.717, 1.165) is 30.6 Å². The summed E-state index contributed by atoms with van der Waals surface area (Å²) in [6, 6.07) is 12.2. The average molecular weight is 254 g/mol. The summed E-state index contributed by atoms with van der Waals surface area (Å²) in [7, 11) is 0. The van der Waals surface area contributed by atoms with Crippen molar-refractivity contribution < 1.29 is 0 Å². The topological polar surface area (TPSA) is 67.6 Å². The molecule has 0 bridgehead atoms. The van der Waals surface area contributed by atoms with Crippen LogP contribution in [0, 0.1) is 11.3 Å². The number of nitrogens with two attached hydrogens (primary N) is 1. The van der Waals surface area contributed by atoms with Crippen LogP contribution < -0.4 is 5.73 Å². The fraction of sp³-hybridized carbons (Fsp3) is 0.333. The summed E-state index contributed by atoms with van der Waals surface area (Å²) < 4.78 is 1.75. The van der Waals surface area contributed by atoms with E-state index in [-0.39, 0.29) is 0 Å². The van der Waals surface area contributed by atoms with Crippen molar-refractivity contribution in [2.24, 2.45) is 0 Å². The molecule has 4 nitrogen and oxygen atoms in total. The normalized spacial score (nSPS) is 10.3. The van der Waals surface area contributed by atoms with Gasteiger partial charge in [-0.05, 0) is 12.0 Å². The number of hydrogen-bond donors (Lipinski definition) is 1. The number of aryl methyl sites for hydroxylation is 1. The lowest BCUT2D eigenvalue weighted by atomic mass is 10.1. The van der Waals surface area contributed by atoms with Gasteiger partial charge in [0.1, 0.15) is 17.5 Å². The van der Waals surface area contributed by atoms with E-state index in [1.165, 1.54) is 0 Å². The molecule has 0 aliphatic heterocycles. The summed E-state index contributed by atoms with van der Waals surface area (Å²) in [5.74, 6) is 0.488. The van der Waals surface area contributed by atoms with Crippen LogP contribution in [0.4, 0.5) is 5.82 Å². The van der Waals surface area contributed by atoms with Gasteiger partial charge in [0.15, 0.2) is 0 Å². The van der Waals surface area contributed by atoms with E-state index < -0.39 is 0 Å². The van der Waals surface area contributed by atoms with Crippen LogP contribution in [0.25, 0.3) is 0 Å². The highest BCUT2D eigenvalue weighted by atomic mass is 15.3. The zero-order valence-electron chi connectivity index (χ0n) is 11.1. The Morgan fingerprint density at radius 1 is 1.32 bits per heavy atom. The first-order valence-corrected chi connectivity index (χ1v) is 6.55. The molecule has 0 aliphatic rings. The second-order valence-corrected chi connectivity index (χ2v) is 4.56. The highest BCUT2D eigenvalue weighted by Gasteiger charge is 2.15.